The van der Waals surface area contributed by atoms with Crippen LogP contribution < -0.4 is 0 Å². The monoisotopic (exact) mass is 293 g/mol. The third kappa shape index (κ3) is 3.27. The van der Waals surface area contributed by atoms with Crippen LogP contribution >= 0.6 is 11.6 Å². The molecular formula is C14H16ClN3O2. The zero-order valence-electron chi connectivity index (χ0n) is 11.3. The molecule has 0 atom stereocenters. The molecule has 0 aliphatic carbocycles. The van der Waals surface area contributed by atoms with Gasteiger partial charge in [0.1, 0.15) is 0 Å². The van der Waals surface area contributed by atoms with E-state index in [9.17, 15) is 10.1 Å². The molecule has 0 spiro atoms. The molecule has 0 N–H and O–H groups in total. The molecule has 1 aromatic rings. The van der Waals surface area contributed by atoms with E-state index in [1.807, 2.05) is 6.92 Å². The number of nitriles is 1. The summed E-state index contributed by atoms with van der Waals surface area (Å²) in [6.07, 6.45) is 1.58. The Kier molecular flexibility index (Phi) is 4.26. The molecule has 0 aromatic heterocycles. The number of nitro groups is 1. The highest BCUT2D eigenvalue weighted by Gasteiger charge is 2.30. The Morgan fingerprint density at radius 1 is 1.50 bits per heavy atom. The molecule has 20 heavy (non-hydrogen) atoms. The molecule has 1 fully saturated rings. The number of hydrogen-bond donors (Lipinski definition) is 0. The van der Waals surface area contributed by atoms with Gasteiger partial charge in [-0.1, -0.05) is 11.6 Å². The summed E-state index contributed by atoms with van der Waals surface area (Å²) in [6.45, 7) is 4.01. The van der Waals surface area contributed by atoms with Crippen molar-refractivity contribution in [3.8, 4) is 6.07 Å². The summed E-state index contributed by atoms with van der Waals surface area (Å²) in [5.74, 6) is 0. The highest BCUT2D eigenvalue weighted by atomic mass is 35.5. The molecule has 1 saturated heterocycles. The van der Waals surface area contributed by atoms with E-state index in [1.54, 1.807) is 6.07 Å². The molecule has 1 aliphatic rings. The van der Waals surface area contributed by atoms with Gasteiger partial charge in [-0.3, -0.25) is 15.0 Å². The molecular weight excluding hydrogens is 278 g/mol. The molecule has 6 heteroatoms. The fourth-order valence-electron chi connectivity index (χ4n) is 2.42. The summed E-state index contributed by atoms with van der Waals surface area (Å²) >= 11 is 5.92. The van der Waals surface area contributed by atoms with Gasteiger partial charge in [0.05, 0.1) is 16.4 Å². The number of piperidine rings is 1. The van der Waals surface area contributed by atoms with Crippen LogP contribution in [0.2, 0.25) is 5.02 Å². The lowest BCUT2D eigenvalue weighted by Gasteiger charge is -2.34. The van der Waals surface area contributed by atoms with E-state index < -0.39 is 0 Å². The average molecular weight is 294 g/mol. The molecule has 0 bridgehead atoms. The van der Waals surface area contributed by atoms with Crippen LogP contribution in [0.25, 0.3) is 0 Å². The van der Waals surface area contributed by atoms with Crippen LogP contribution in [0.5, 0.6) is 0 Å². The van der Waals surface area contributed by atoms with Gasteiger partial charge >= 0.3 is 0 Å². The van der Waals surface area contributed by atoms with Crippen molar-refractivity contribution in [2.45, 2.75) is 26.3 Å². The maximum absolute atomic E-state index is 11.0. The Bertz CT molecular complexity index is 560. The van der Waals surface area contributed by atoms with Gasteiger partial charge in [-0.05, 0) is 31.9 Å². The topological polar surface area (TPSA) is 70.2 Å². The van der Waals surface area contributed by atoms with E-state index in [0.29, 0.717) is 17.1 Å². The lowest BCUT2D eigenvalue weighted by molar-refractivity contribution is -0.385. The average Bonchev–Trinajstić information content (AvgIpc) is 2.41. The number of nitro benzene ring substituents is 1. The molecule has 0 unspecified atom stereocenters. The second-order valence-corrected chi connectivity index (χ2v) is 5.92. The summed E-state index contributed by atoms with van der Waals surface area (Å²) in [5, 5.41) is 20.6. The Morgan fingerprint density at radius 2 is 2.15 bits per heavy atom. The maximum Gasteiger partial charge on any atom is 0.273 e. The van der Waals surface area contributed by atoms with Gasteiger partial charge in [-0.25, -0.2) is 0 Å². The Labute approximate surface area is 122 Å². The zero-order valence-corrected chi connectivity index (χ0v) is 12.1. The van der Waals surface area contributed by atoms with Crippen molar-refractivity contribution in [3.05, 3.63) is 38.9 Å². The van der Waals surface area contributed by atoms with Crippen LogP contribution in [0, 0.1) is 26.9 Å². The van der Waals surface area contributed by atoms with Crippen molar-refractivity contribution >= 4 is 17.3 Å². The molecule has 106 valence electrons. The first-order chi connectivity index (χ1) is 9.43. The first-order valence-electron chi connectivity index (χ1n) is 6.50. The van der Waals surface area contributed by atoms with Gasteiger partial charge < -0.3 is 0 Å². The van der Waals surface area contributed by atoms with Crippen LogP contribution in [0.15, 0.2) is 18.2 Å². The summed E-state index contributed by atoms with van der Waals surface area (Å²) in [5.41, 5.74) is 0.461. The van der Waals surface area contributed by atoms with Crippen LogP contribution in [0.4, 0.5) is 5.69 Å². The summed E-state index contributed by atoms with van der Waals surface area (Å²) in [6, 6.07) is 6.98. The third-order valence-electron chi connectivity index (χ3n) is 3.86. The van der Waals surface area contributed by atoms with Crippen LogP contribution in [0.3, 0.4) is 0 Å². The quantitative estimate of drug-likeness (QED) is 0.633. The smallest absolute Gasteiger partial charge is 0.273 e. The minimum atomic E-state index is -0.380. The van der Waals surface area contributed by atoms with Crippen molar-refractivity contribution < 1.29 is 4.92 Å². The van der Waals surface area contributed by atoms with Gasteiger partial charge in [0.25, 0.3) is 5.69 Å². The fraction of sp³-hybridized carbons (Fsp3) is 0.500. The SMILES string of the molecule is CC1(C#N)CCN(Cc2cc(Cl)ccc2[N+](=O)[O-])CC1. The standard InChI is InChI=1S/C14H16ClN3O2/c1-14(10-16)4-6-17(7-5-14)9-11-8-12(15)2-3-13(11)18(19)20/h2-3,8H,4-7,9H2,1H3. The largest absolute Gasteiger partial charge is 0.299 e. The number of hydrogen-bond acceptors (Lipinski definition) is 4. The van der Waals surface area contributed by atoms with Gasteiger partial charge in [0.2, 0.25) is 0 Å². The predicted molar refractivity (Wildman–Crippen MR) is 76.3 cm³/mol. The lowest BCUT2D eigenvalue weighted by atomic mass is 9.82. The van der Waals surface area contributed by atoms with Crippen molar-refractivity contribution in [2.75, 3.05) is 13.1 Å². The van der Waals surface area contributed by atoms with E-state index in [-0.39, 0.29) is 16.0 Å². The highest BCUT2D eigenvalue weighted by molar-refractivity contribution is 6.30. The minimum absolute atomic E-state index is 0.100. The molecule has 0 radical (unpaired) electrons. The summed E-state index contributed by atoms with van der Waals surface area (Å²) in [4.78, 5) is 12.8. The van der Waals surface area contributed by atoms with Crippen LogP contribution in [-0.4, -0.2) is 22.9 Å². The van der Waals surface area contributed by atoms with E-state index >= 15 is 0 Å². The van der Waals surface area contributed by atoms with Crippen LogP contribution in [0.1, 0.15) is 25.3 Å². The molecule has 1 aromatic carbocycles. The first kappa shape index (κ1) is 14.8. The molecule has 0 saturated carbocycles. The first-order valence-corrected chi connectivity index (χ1v) is 6.88. The fourth-order valence-corrected chi connectivity index (χ4v) is 2.61. The molecule has 1 aliphatic heterocycles. The van der Waals surface area contributed by atoms with E-state index in [1.165, 1.54) is 12.1 Å². The highest BCUT2D eigenvalue weighted by Crippen LogP contribution is 2.31. The van der Waals surface area contributed by atoms with E-state index in [4.69, 9.17) is 16.9 Å². The second kappa shape index (κ2) is 5.78. The number of nitrogens with zero attached hydrogens (tertiary/aromatic N) is 3. The Morgan fingerprint density at radius 3 is 2.70 bits per heavy atom. The van der Waals surface area contributed by atoms with Gasteiger partial charge in [0.15, 0.2) is 0 Å². The van der Waals surface area contributed by atoms with Gasteiger partial charge in [-0.2, -0.15) is 5.26 Å². The summed E-state index contributed by atoms with van der Waals surface area (Å²) in [7, 11) is 0. The number of likely N-dealkylation sites (tertiary alicyclic amines) is 1. The van der Waals surface area contributed by atoms with Gasteiger partial charge in [-0.15, -0.1) is 0 Å². The molecule has 2 rings (SSSR count). The molecule has 1 heterocycles. The number of halogens is 1. The minimum Gasteiger partial charge on any atom is -0.299 e. The third-order valence-corrected chi connectivity index (χ3v) is 4.10. The second-order valence-electron chi connectivity index (χ2n) is 5.48. The van der Waals surface area contributed by atoms with E-state index in [2.05, 4.69) is 11.0 Å². The maximum atomic E-state index is 11.0. The summed E-state index contributed by atoms with van der Waals surface area (Å²) < 4.78 is 0. The van der Waals surface area contributed by atoms with Crippen molar-refractivity contribution in [1.29, 1.82) is 5.26 Å². The van der Waals surface area contributed by atoms with Crippen molar-refractivity contribution in [2.24, 2.45) is 5.41 Å². The lowest BCUT2D eigenvalue weighted by Crippen LogP contribution is -2.37. The molecule has 0 amide bonds. The van der Waals surface area contributed by atoms with Gasteiger partial charge in [0, 0.05) is 36.3 Å². The Hall–Kier alpha value is -1.64. The normalized spacial score (nSPS) is 18.4. The predicted octanol–water partition coefficient (Wildman–Crippen LogP) is 3.37. The number of benzene rings is 1. The zero-order chi connectivity index (χ0) is 14.8. The van der Waals surface area contributed by atoms with Crippen molar-refractivity contribution in [3.63, 3.8) is 0 Å². The number of rotatable bonds is 3. The molecule has 5 nitrogen and oxygen atoms in total. The van der Waals surface area contributed by atoms with Crippen LogP contribution in [-0.2, 0) is 6.54 Å². The van der Waals surface area contributed by atoms with Crippen molar-refractivity contribution in [1.82, 2.24) is 4.90 Å². The Balaban J connectivity index is 2.10. The van der Waals surface area contributed by atoms with E-state index in [0.717, 1.165) is 25.9 Å².